The number of rotatable bonds is 0. The Bertz CT molecular complexity index is 4740. The quantitative estimate of drug-likeness (QED) is 0.149. The topological polar surface area (TPSA) is 22.2 Å². The Labute approximate surface area is 426 Å². The smallest absolute Gasteiger partial charge is 0.220 e. The van der Waals surface area contributed by atoms with Gasteiger partial charge in [-0.25, -0.2) is 4.98 Å². The summed E-state index contributed by atoms with van der Waals surface area (Å²) < 4.78 is 5.30. The highest BCUT2D eigenvalue weighted by Crippen LogP contribution is 2.68. The van der Waals surface area contributed by atoms with Gasteiger partial charge in [-0.3, -0.25) is 8.97 Å². The van der Waals surface area contributed by atoms with E-state index in [1.54, 1.807) is 0 Å². The summed E-state index contributed by atoms with van der Waals surface area (Å²) in [5.74, 6) is 1.16. The molecule has 20 rings (SSSR count). The van der Waals surface area contributed by atoms with Gasteiger partial charge >= 0.3 is 0 Å². The van der Waals surface area contributed by atoms with Gasteiger partial charge in [0, 0.05) is 5.39 Å². The summed E-state index contributed by atoms with van der Waals surface area (Å²) in [6.07, 6.45) is 1.82. The number of benzene rings is 11. The minimum absolute atomic E-state index is 0.171. The van der Waals surface area contributed by atoms with Crippen molar-refractivity contribution in [2.24, 2.45) is 0 Å². The summed E-state index contributed by atoms with van der Waals surface area (Å²) in [5, 5.41) is 2.61. The minimum Gasteiger partial charge on any atom is -0.279 e. The Balaban J connectivity index is 1.09. The number of imidazole rings is 1. The lowest BCUT2D eigenvalue weighted by atomic mass is 9.60. The van der Waals surface area contributed by atoms with Crippen LogP contribution in [0.4, 0.5) is 0 Å². The zero-order valence-corrected chi connectivity index (χ0v) is 40.1. The van der Waals surface area contributed by atoms with Crippen LogP contribution in [0.2, 0.25) is 0 Å². The number of hydrogen-bond acceptors (Lipinski definition) is 1. The molecule has 340 valence electrons. The van der Waals surface area contributed by atoms with Crippen molar-refractivity contribution in [1.29, 1.82) is 0 Å². The second-order valence-electron chi connectivity index (χ2n) is 22.3. The Morgan fingerprint density at radius 2 is 0.784 bits per heavy atom. The number of nitrogens with zero attached hydrogens (tertiary/aromatic N) is 3. The molecule has 3 heteroatoms. The minimum atomic E-state index is -0.616. The lowest BCUT2D eigenvalue weighted by Crippen LogP contribution is -2.35. The molecule has 0 amide bonds. The van der Waals surface area contributed by atoms with Crippen molar-refractivity contribution in [3.05, 3.63) is 302 Å². The van der Waals surface area contributed by atoms with Crippen molar-refractivity contribution in [3.63, 3.8) is 0 Å². The van der Waals surface area contributed by atoms with Gasteiger partial charge in [-0.1, -0.05) is 200 Å². The van der Waals surface area contributed by atoms with Crippen molar-refractivity contribution in [2.75, 3.05) is 0 Å². The van der Waals surface area contributed by atoms with E-state index in [9.17, 15) is 0 Å². The number of para-hydroxylation sites is 1. The molecule has 5 heterocycles. The fraction of sp³-hybridized carbons (Fsp3) is 0.0845. The molecule has 4 aliphatic carbocycles. The van der Waals surface area contributed by atoms with Gasteiger partial charge < -0.3 is 0 Å². The Morgan fingerprint density at radius 1 is 0.351 bits per heavy atom. The molecule has 11 aromatic carbocycles. The van der Waals surface area contributed by atoms with E-state index in [0.29, 0.717) is 0 Å². The molecular formula is C71H41N3. The molecule has 0 saturated heterocycles. The average molecular weight is 936 g/mol. The van der Waals surface area contributed by atoms with E-state index in [1.165, 1.54) is 150 Å². The fourth-order valence-electron chi connectivity index (χ4n) is 17.6. The van der Waals surface area contributed by atoms with Crippen LogP contribution in [0.5, 0.6) is 0 Å². The van der Waals surface area contributed by atoms with Gasteiger partial charge in [0.2, 0.25) is 5.78 Å². The molecule has 1 atom stereocenters. The van der Waals surface area contributed by atoms with Crippen LogP contribution >= 0.6 is 0 Å². The summed E-state index contributed by atoms with van der Waals surface area (Å²) in [6.45, 7) is 0. The first-order valence-corrected chi connectivity index (χ1v) is 26.5. The first-order valence-electron chi connectivity index (χ1n) is 26.5. The largest absolute Gasteiger partial charge is 0.279 e. The van der Waals surface area contributed by atoms with E-state index in [2.05, 4.69) is 227 Å². The maximum atomic E-state index is 6.00. The van der Waals surface area contributed by atoms with Gasteiger partial charge in [0.15, 0.2) is 0 Å². The van der Waals surface area contributed by atoms with Crippen molar-refractivity contribution in [2.45, 2.75) is 35.0 Å². The summed E-state index contributed by atoms with van der Waals surface area (Å²) in [6, 6.07) is 85.4. The molecule has 3 spiro atoms. The normalized spacial score (nSPS) is 17.5. The molecule has 0 radical (unpaired) electrons. The predicted molar refractivity (Wildman–Crippen MR) is 296 cm³/mol. The first kappa shape index (κ1) is 37.7. The van der Waals surface area contributed by atoms with Crippen LogP contribution in [0.25, 0.3) is 77.7 Å². The zero-order valence-electron chi connectivity index (χ0n) is 40.1. The van der Waals surface area contributed by atoms with Gasteiger partial charge in [0.25, 0.3) is 0 Å². The van der Waals surface area contributed by atoms with E-state index in [-0.39, 0.29) is 5.92 Å². The van der Waals surface area contributed by atoms with Crippen LogP contribution in [0, 0.1) is 0 Å². The summed E-state index contributed by atoms with van der Waals surface area (Å²) in [5.41, 5.74) is 33.2. The molecule has 3 aliphatic heterocycles. The van der Waals surface area contributed by atoms with E-state index in [0.717, 1.165) is 24.1 Å². The molecule has 1 unspecified atom stereocenters. The molecule has 0 N–H and O–H groups in total. The van der Waals surface area contributed by atoms with Gasteiger partial charge in [-0.2, -0.15) is 0 Å². The molecule has 74 heavy (non-hydrogen) atoms. The molecule has 7 aliphatic rings. The van der Waals surface area contributed by atoms with E-state index in [1.807, 2.05) is 0 Å². The lowest BCUT2D eigenvalue weighted by molar-refractivity contribution is 0.636. The second-order valence-corrected chi connectivity index (χ2v) is 22.3. The highest BCUT2D eigenvalue weighted by Gasteiger charge is 2.57. The third-order valence-electron chi connectivity index (χ3n) is 19.8. The van der Waals surface area contributed by atoms with Crippen LogP contribution < -0.4 is 0 Å². The molecule has 0 fully saturated rings. The second kappa shape index (κ2) is 12.2. The van der Waals surface area contributed by atoms with Gasteiger partial charge in [-0.05, 0) is 159 Å². The number of hydrogen-bond donors (Lipinski definition) is 0. The van der Waals surface area contributed by atoms with Crippen molar-refractivity contribution >= 4 is 38.6 Å². The van der Waals surface area contributed by atoms with Crippen LogP contribution in [0.3, 0.4) is 0 Å². The highest BCUT2D eigenvalue weighted by molar-refractivity contribution is 6.16. The van der Waals surface area contributed by atoms with E-state index < -0.39 is 16.2 Å². The maximum Gasteiger partial charge on any atom is 0.220 e. The predicted octanol–water partition coefficient (Wildman–Crippen LogP) is 15.5. The fourth-order valence-corrected chi connectivity index (χ4v) is 17.6. The van der Waals surface area contributed by atoms with Gasteiger partial charge in [0.05, 0.1) is 44.0 Å². The Hall–Kier alpha value is -9.05. The monoisotopic (exact) mass is 935 g/mol. The molecule has 0 saturated carbocycles. The van der Waals surface area contributed by atoms with Gasteiger partial charge in [-0.15, -0.1) is 0 Å². The number of aromatic nitrogens is 3. The van der Waals surface area contributed by atoms with Gasteiger partial charge in [0.1, 0.15) is 0 Å². The van der Waals surface area contributed by atoms with E-state index >= 15 is 0 Å². The summed E-state index contributed by atoms with van der Waals surface area (Å²) >= 11 is 0. The lowest BCUT2D eigenvalue weighted by Gasteiger charge is -2.42. The maximum absolute atomic E-state index is 6.00. The van der Waals surface area contributed by atoms with E-state index in [4.69, 9.17) is 4.98 Å². The third kappa shape index (κ3) is 3.69. The zero-order chi connectivity index (χ0) is 47.6. The van der Waals surface area contributed by atoms with Crippen molar-refractivity contribution in [1.82, 2.24) is 14.0 Å². The third-order valence-corrected chi connectivity index (χ3v) is 19.8. The Kier molecular flexibility index (Phi) is 6.23. The highest BCUT2D eigenvalue weighted by atomic mass is 15.2. The van der Waals surface area contributed by atoms with Crippen molar-refractivity contribution in [3.8, 4) is 39.1 Å². The summed E-state index contributed by atoms with van der Waals surface area (Å²) in [7, 11) is 0. The Morgan fingerprint density at radius 3 is 1.34 bits per heavy atom. The van der Waals surface area contributed by atoms with Crippen LogP contribution in [0.1, 0.15) is 89.4 Å². The number of fused-ring (bicyclic) bond motifs is 20. The average Bonchev–Trinajstić information content (AvgIpc) is 4.12. The molecule has 3 nitrogen and oxygen atoms in total. The molecule has 9 bridgehead atoms. The van der Waals surface area contributed by atoms with Crippen LogP contribution in [-0.2, 0) is 29.1 Å². The van der Waals surface area contributed by atoms with Crippen LogP contribution in [-0.4, -0.2) is 14.0 Å². The van der Waals surface area contributed by atoms with Crippen LogP contribution in [0.15, 0.2) is 218 Å². The molecule has 2 aromatic heterocycles. The summed E-state index contributed by atoms with van der Waals surface area (Å²) in [4.78, 5) is 6.00. The first-order chi connectivity index (χ1) is 36.7. The standard InChI is InChI=1S/C71H41N3/c1-7-22-49-41(16-1)42-17-2-8-23-50(42)69(49)55-29-15-30-56-47(55)36-40-37-48-57(69)34-35-61-65(48)74-67-63(40)60(70(56)51-24-9-3-18-43(51)44-19-4-10-25-52(44)70)38-39-32-33-59-66(64(39)67)73(68(74)72-61)62-31-14-13-28-58(62)71(59)53-26-11-5-20-45(53)46-21-6-12-27-54(46)71/h1-35,38,40H,36-37H2. The molecule has 13 aromatic rings. The van der Waals surface area contributed by atoms with Crippen molar-refractivity contribution < 1.29 is 0 Å². The molecular weight excluding hydrogens is 895 g/mol. The SMILES string of the molecule is c1ccc2c(c1)-c1ccccc1C21c2cccc3c2CC2Cc4c1ccc1nc5n6c7c(ccc8cc(c2c(c87)n5c41)C31c2ccccc2-c2ccccc21)C1(c2ccccc2-c2ccccc21)c1ccccc1-6.